The summed E-state index contributed by atoms with van der Waals surface area (Å²) in [5, 5.41) is 13.3. The summed E-state index contributed by atoms with van der Waals surface area (Å²) < 4.78 is 2.04. The molecular formula is C18H21N3O2. The molecule has 4 rings (SSSR count). The van der Waals surface area contributed by atoms with Crippen LogP contribution in [0.1, 0.15) is 30.1 Å². The van der Waals surface area contributed by atoms with Crippen LogP contribution in [-0.2, 0) is 11.3 Å². The Morgan fingerprint density at radius 3 is 2.70 bits per heavy atom. The molecule has 1 fully saturated rings. The van der Waals surface area contributed by atoms with E-state index < -0.39 is 12.0 Å². The number of aromatic nitrogens is 1. The average molecular weight is 311 g/mol. The first kappa shape index (κ1) is 14.5. The number of hydrogen-bond acceptors (Lipinski definition) is 3. The van der Waals surface area contributed by atoms with Crippen molar-refractivity contribution >= 4 is 5.97 Å². The van der Waals surface area contributed by atoms with Crippen LogP contribution in [0.25, 0.3) is 5.69 Å². The van der Waals surface area contributed by atoms with Gasteiger partial charge in [-0.15, -0.1) is 0 Å². The molecule has 0 spiro atoms. The van der Waals surface area contributed by atoms with Crippen molar-refractivity contribution in [2.45, 2.75) is 31.5 Å². The van der Waals surface area contributed by atoms with E-state index in [0.29, 0.717) is 12.6 Å². The fourth-order valence-corrected chi connectivity index (χ4v) is 3.92. The van der Waals surface area contributed by atoms with Gasteiger partial charge in [-0.1, -0.05) is 18.2 Å². The largest absolute Gasteiger partial charge is 0.480 e. The summed E-state index contributed by atoms with van der Waals surface area (Å²) in [6.07, 6.45) is 3.95. The van der Waals surface area contributed by atoms with Crippen molar-refractivity contribution in [3.8, 4) is 5.69 Å². The molecular weight excluding hydrogens is 290 g/mol. The number of carbonyl (C=O) groups is 1. The molecule has 120 valence electrons. The summed E-state index contributed by atoms with van der Waals surface area (Å²) in [4.78, 5) is 14.3. The minimum Gasteiger partial charge on any atom is -0.480 e. The summed E-state index contributed by atoms with van der Waals surface area (Å²) >= 11 is 0. The van der Waals surface area contributed by atoms with Crippen molar-refractivity contribution in [2.75, 3.05) is 13.1 Å². The number of aliphatic carboxylic acids is 1. The van der Waals surface area contributed by atoms with Crippen LogP contribution in [0, 0.1) is 0 Å². The zero-order valence-electron chi connectivity index (χ0n) is 13.0. The van der Waals surface area contributed by atoms with Gasteiger partial charge in [-0.2, -0.15) is 0 Å². The maximum atomic E-state index is 12.1. The number of benzene rings is 1. The van der Waals surface area contributed by atoms with E-state index in [9.17, 15) is 9.90 Å². The van der Waals surface area contributed by atoms with Crippen LogP contribution in [0.3, 0.4) is 0 Å². The highest BCUT2D eigenvalue weighted by atomic mass is 16.4. The van der Waals surface area contributed by atoms with E-state index >= 15 is 0 Å². The lowest BCUT2D eigenvalue weighted by atomic mass is 10.0. The summed E-state index contributed by atoms with van der Waals surface area (Å²) in [6, 6.07) is 11.8. The van der Waals surface area contributed by atoms with E-state index in [1.807, 2.05) is 35.0 Å². The number of nitrogens with one attached hydrogen (secondary N) is 1. The van der Waals surface area contributed by atoms with Gasteiger partial charge in [0.1, 0.15) is 6.04 Å². The van der Waals surface area contributed by atoms with Crippen molar-refractivity contribution in [1.82, 2.24) is 14.8 Å². The normalized spacial score (nSPS) is 22.2. The maximum Gasteiger partial charge on any atom is 0.327 e. The standard InChI is InChI=1S/C18H21N3O2/c22-18(23)17-16-6-3-11-20(16)15-5-2-1-4-13(15)12-21(17)14-7-9-19-10-8-14/h1-6,11,14,17,19H,7-10,12H2,(H,22,23). The molecule has 2 aliphatic heterocycles. The zero-order chi connectivity index (χ0) is 15.8. The van der Waals surface area contributed by atoms with E-state index in [2.05, 4.69) is 22.3 Å². The van der Waals surface area contributed by atoms with E-state index in [1.54, 1.807) is 0 Å². The van der Waals surface area contributed by atoms with Crippen molar-refractivity contribution in [1.29, 1.82) is 0 Å². The first-order valence-electron chi connectivity index (χ1n) is 8.20. The van der Waals surface area contributed by atoms with Gasteiger partial charge in [-0.25, -0.2) is 0 Å². The second-order valence-corrected chi connectivity index (χ2v) is 6.33. The molecule has 1 aromatic carbocycles. The van der Waals surface area contributed by atoms with Crippen LogP contribution in [0.4, 0.5) is 0 Å². The van der Waals surface area contributed by atoms with Crippen molar-refractivity contribution in [2.24, 2.45) is 0 Å². The molecule has 0 bridgehead atoms. The molecule has 2 aromatic rings. The molecule has 5 nitrogen and oxygen atoms in total. The molecule has 0 saturated carbocycles. The van der Waals surface area contributed by atoms with Gasteiger partial charge in [0.25, 0.3) is 0 Å². The Labute approximate surface area is 135 Å². The molecule has 0 aliphatic carbocycles. The summed E-state index contributed by atoms with van der Waals surface area (Å²) in [6.45, 7) is 2.59. The van der Waals surface area contributed by atoms with Gasteiger partial charge in [0, 0.05) is 24.5 Å². The number of hydrogen-bond donors (Lipinski definition) is 2. The number of para-hydroxylation sites is 1. The highest BCUT2D eigenvalue weighted by molar-refractivity contribution is 5.76. The van der Waals surface area contributed by atoms with E-state index in [0.717, 1.165) is 37.3 Å². The number of fused-ring (bicyclic) bond motifs is 3. The molecule has 1 atom stereocenters. The summed E-state index contributed by atoms with van der Waals surface area (Å²) in [5.74, 6) is -0.767. The van der Waals surface area contributed by atoms with Gasteiger partial charge in [0.15, 0.2) is 0 Å². The lowest BCUT2D eigenvalue weighted by Gasteiger charge is -2.37. The van der Waals surface area contributed by atoms with Gasteiger partial charge >= 0.3 is 5.97 Å². The van der Waals surface area contributed by atoms with Crippen LogP contribution < -0.4 is 5.32 Å². The highest BCUT2D eigenvalue weighted by Crippen LogP contribution is 2.35. The van der Waals surface area contributed by atoms with Crippen molar-refractivity contribution < 1.29 is 9.90 Å². The number of nitrogens with zero attached hydrogens (tertiary/aromatic N) is 2. The topological polar surface area (TPSA) is 57.5 Å². The van der Waals surface area contributed by atoms with Gasteiger partial charge in [-0.05, 0) is 49.7 Å². The molecule has 3 heterocycles. The van der Waals surface area contributed by atoms with Crippen molar-refractivity contribution in [3.63, 3.8) is 0 Å². The Morgan fingerprint density at radius 1 is 1.13 bits per heavy atom. The third kappa shape index (κ3) is 2.46. The fraction of sp³-hybridized carbons (Fsp3) is 0.389. The molecule has 1 saturated heterocycles. The van der Waals surface area contributed by atoms with E-state index in [1.165, 1.54) is 5.56 Å². The zero-order valence-corrected chi connectivity index (χ0v) is 13.0. The first-order chi connectivity index (χ1) is 11.3. The quantitative estimate of drug-likeness (QED) is 0.892. The smallest absolute Gasteiger partial charge is 0.327 e. The van der Waals surface area contributed by atoms with Gasteiger partial charge < -0.3 is 15.0 Å². The van der Waals surface area contributed by atoms with Crippen LogP contribution in [0.15, 0.2) is 42.6 Å². The van der Waals surface area contributed by atoms with Crippen LogP contribution in [-0.4, -0.2) is 39.7 Å². The Hall–Kier alpha value is -2.11. The van der Waals surface area contributed by atoms with E-state index in [4.69, 9.17) is 0 Å². The molecule has 2 N–H and O–H groups in total. The Balaban J connectivity index is 1.85. The third-order valence-corrected chi connectivity index (χ3v) is 5.01. The first-order valence-corrected chi connectivity index (χ1v) is 8.20. The number of piperidine rings is 1. The van der Waals surface area contributed by atoms with Crippen molar-refractivity contribution in [3.05, 3.63) is 53.9 Å². The van der Waals surface area contributed by atoms with Crippen LogP contribution in [0.5, 0.6) is 0 Å². The summed E-state index contributed by atoms with van der Waals surface area (Å²) in [5.41, 5.74) is 3.13. The van der Waals surface area contributed by atoms with Gasteiger partial charge in [0.2, 0.25) is 0 Å². The monoisotopic (exact) mass is 311 g/mol. The third-order valence-electron chi connectivity index (χ3n) is 5.01. The summed E-state index contributed by atoms with van der Waals surface area (Å²) in [7, 11) is 0. The average Bonchev–Trinajstić information content (AvgIpc) is 2.99. The Bertz CT molecular complexity index is 719. The Morgan fingerprint density at radius 2 is 1.91 bits per heavy atom. The molecule has 2 aliphatic rings. The SMILES string of the molecule is O=C(O)C1c2cccn2-c2ccccc2CN1C1CCNCC1. The number of rotatable bonds is 2. The van der Waals surface area contributed by atoms with Crippen LogP contribution in [0.2, 0.25) is 0 Å². The lowest BCUT2D eigenvalue weighted by Crippen LogP contribution is -2.46. The molecule has 23 heavy (non-hydrogen) atoms. The highest BCUT2D eigenvalue weighted by Gasteiger charge is 2.37. The molecule has 0 amide bonds. The number of carboxylic acid groups (broad SMARTS) is 1. The minimum absolute atomic E-state index is 0.298. The number of carboxylic acids is 1. The molecule has 5 heteroatoms. The minimum atomic E-state index is -0.767. The van der Waals surface area contributed by atoms with Gasteiger partial charge in [0.05, 0.1) is 5.69 Å². The molecule has 0 radical (unpaired) electrons. The predicted molar refractivity (Wildman–Crippen MR) is 87.6 cm³/mol. The maximum absolute atomic E-state index is 12.1. The Kier molecular flexibility index (Phi) is 3.67. The molecule has 1 aromatic heterocycles. The molecule has 1 unspecified atom stereocenters. The van der Waals surface area contributed by atoms with Gasteiger partial charge in [-0.3, -0.25) is 9.69 Å². The fourth-order valence-electron chi connectivity index (χ4n) is 3.92. The second-order valence-electron chi connectivity index (χ2n) is 6.33. The van der Waals surface area contributed by atoms with E-state index in [-0.39, 0.29) is 0 Å². The van der Waals surface area contributed by atoms with Crippen LogP contribution >= 0.6 is 0 Å². The lowest BCUT2D eigenvalue weighted by molar-refractivity contribution is -0.145. The predicted octanol–water partition coefficient (Wildman–Crippen LogP) is 2.17. The second kappa shape index (κ2) is 5.83.